The number of amides is 1. The molecule has 2 saturated heterocycles. The summed E-state index contributed by atoms with van der Waals surface area (Å²) < 4.78 is 22.8. The first-order chi connectivity index (χ1) is 35.1. The van der Waals surface area contributed by atoms with Crippen LogP contribution in [0.5, 0.6) is 0 Å². The van der Waals surface area contributed by atoms with Crippen molar-refractivity contribution in [2.24, 2.45) is 0 Å². The van der Waals surface area contributed by atoms with Gasteiger partial charge in [-0.15, -0.1) is 0 Å². The van der Waals surface area contributed by atoms with Gasteiger partial charge < -0.3 is 65.1 Å². The molecule has 2 rings (SSSR count). The summed E-state index contributed by atoms with van der Waals surface area (Å²) in [6.45, 7) is 2.74. The average Bonchev–Trinajstić information content (AvgIpc) is 3.38. The second kappa shape index (κ2) is 44.1. The maximum atomic E-state index is 13.2. The van der Waals surface area contributed by atoms with Crippen LogP contribution in [-0.4, -0.2) is 140 Å². The lowest BCUT2D eigenvalue weighted by Gasteiger charge is -2.46. The normalized spacial score (nSPS) is 25.9. The highest BCUT2D eigenvalue weighted by molar-refractivity contribution is 5.76. The molecule has 72 heavy (non-hydrogen) atoms. The molecule has 1 amide bonds. The van der Waals surface area contributed by atoms with Crippen LogP contribution in [0.15, 0.2) is 48.6 Å². The zero-order chi connectivity index (χ0) is 52.4. The molecule has 0 aliphatic carbocycles. The minimum absolute atomic E-state index is 0.230. The van der Waals surface area contributed by atoms with Crippen molar-refractivity contribution in [3.05, 3.63) is 48.6 Å². The van der Waals surface area contributed by atoms with Crippen molar-refractivity contribution in [2.45, 2.75) is 293 Å². The molecule has 0 aromatic rings. The van der Waals surface area contributed by atoms with Gasteiger partial charge in [-0.25, -0.2) is 0 Å². The molecule has 0 radical (unpaired) electrons. The Labute approximate surface area is 435 Å². The molecule has 0 aromatic heterocycles. The Morgan fingerprint density at radius 3 is 1.47 bits per heavy atom. The van der Waals surface area contributed by atoms with Crippen molar-refractivity contribution >= 4 is 5.91 Å². The fourth-order valence-corrected chi connectivity index (χ4v) is 9.40. The Morgan fingerprint density at radius 1 is 0.514 bits per heavy atom. The van der Waals surface area contributed by atoms with Gasteiger partial charge in [0.05, 0.1) is 32.0 Å². The van der Waals surface area contributed by atoms with Gasteiger partial charge in [-0.1, -0.05) is 210 Å². The molecule has 0 bridgehead atoms. The first-order valence-electron chi connectivity index (χ1n) is 28.9. The van der Waals surface area contributed by atoms with Crippen LogP contribution >= 0.6 is 0 Å². The van der Waals surface area contributed by atoms with Gasteiger partial charge in [0.2, 0.25) is 5.91 Å². The summed E-state index contributed by atoms with van der Waals surface area (Å²) in [7, 11) is 0. The van der Waals surface area contributed by atoms with E-state index >= 15 is 0 Å². The highest BCUT2D eigenvalue weighted by Crippen LogP contribution is 2.30. The highest BCUT2D eigenvalue weighted by atomic mass is 16.7. The summed E-state index contributed by atoms with van der Waals surface area (Å²) >= 11 is 0. The summed E-state index contributed by atoms with van der Waals surface area (Å²) in [6, 6.07) is -0.843. The summed E-state index contributed by atoms with van der Waals surface area (Å²) in [5.74, 6) is -0.230. The second-order valence-electron chi connectivity index (χ2n) is 20.4. The van der Waals surface area contributed by atoms with Gasteiger partial charge in [-0.3, -0.25) is 4.79 Å². The van der Waals surface area contributed by atoms with E-state index in [0.717, 1.165) is 77.0 Å². The molecule has 0 saturated carbocycles. The van der Waals surface area contributed by atoms with E-state index < -0.39 is 86.8 Å². The zero-order valence-corrected chi connectivity index (χ0v) is 44.9. The van der Waals surface area contributed by atoms with Crippen molar-refractivity contribution < 1.29 is 64.6 Å². The molecule has 12 unspecified atom stereocenters. The molecule has 0 aromatic carbocycles. The van der Waals surface area contributed by atoms with Crippen molar-refractivity contribution in [1.82, 2.24) is 5.32 Å². The third kappa shape index (κ3) is 29.9. The molecule has 14 nitrogen and oxygen atoms in total. The SMILES string of the molecule is CC/C=C\C/C=C\C/C=C\C/C=C\CCCCCCC(=O)NC(COC1OC(CO)C(OC2OC(CO)C(O)C(O)C2O)C(O)C1O)C(O)CCCCCCCCCCCCCCCCCCCCCCC. The van der Waals surface area contributed by atoms with E-state index in [-0.39, 0.29) is 18.9 Å². The van der Waals surface area contributed by atoms with E-state index in [9.17, 15) is 45.6 Å². The van der Waals surface area contributed by atoms with E-state index in [0.29, 0.717) is 12.8 Å². The Morgan fingerprint density at radius 2 is 0.958 bits per heavy atom. The number of nitrogens with one attached hydrogen (secondary N) is 1. The van der Waals surface area contributed by atoms with Crippen LogP contribution in [0.3, 0.4) is 0 Å². The molecule has 14 heteroatoms. The first-order valence-corrected chi connectivity index (χ1v) is 28.9. The molecule has 0 spiro atoms. The lowest BCUT2D eigenvalue weighted by Crippen LogP contribution is -2.65. The van der Waals surface area contributed by atoms with Crippen molar-refractivity contribution in [2.75, 3.05) is 19.8 Å². The number of carbonyl (C=O) groups is 1. The maximum Gasteiger partial charge on any atom is 0.220 e. The van der Waals surface area contributed by atoms with Gasteiger partial charge in [-0.05, 0) is 51.4 Å². The van der Waals surface area contributed by atoms with E-state index in [1.165, 1.54) is 109 Å². The summed E-state index contributed by atoms with van der Waals surface area (Å²) in [4.78, 5) is 13.2. The van der Waals surface area contributed by atoms with Crippen LogP contribution in [0, 0.1) is 0 Å². The third-order valence-corrected chi connectivity index (χ3v) is 14.1. The molecule has 9 N–H and O–H groups in total. The Balaban J connectivity index is 1.78. The Kier molecular flexibility index (Phi) is 40.5. The van der Waals surface area contributed by atoms with Crippen LogP contribution in [0.2, 0.25) is 0 Å². The highest BCUT2D eigenvalue weighted by Gasteiger charge is 2.51. The standard InChI is InChI=1S/C58H105NO13/c1-3-5-7-9-11-13-15-17-19-21-22-23-24-26-27-29-31-33-35-37-39-41-47(62)46(59-50(63)42-40-38-36-34-32-30-28-25-20-18-16-14-12-10-8-6-4-2)45-69-57-55(68)53(66)56(49(44-61)71-57)72-58-54(67)52(65)51(64)48(43-60)70-58/h6,8,12,14,18,20,28,30,46-49,51-58,60-62,64-68H,3-5,7,9-11,13,15-17,19,21-27,29,31-45H2,1-2H3,(H,59,63)/b8-6-,14-12-,20-18-,30-28-. The molecule has 2 aliphatic heterocycles. The summed E-state index contributed by atoms with van der Waals surface area (Å²) in [5, 5.41) is 87.2. The van der Waals surface area contributed by atoms with Crippen molar-refractivity contribution in [3.63, 3.8) is 0 Å². The predicted molar refractivity (Wildman–Crippen MR) is 286 cm³/mol. The fourth-order valence-electron chi connectivity index (χ4n) is 9.40. The molecule has 420 valence electrons. The summed E-state index contributed by atoms with van der Waals surface area (Å²) in [6.07, 6.45) is 36.8. The predicted octanol–water partition coefficient (Wildman–Crippen LogP) is 9.22. The van der Waals surface area contributed by atoms with Crippen LogP contribution in [0.25, 0.3) is 0 Å². The van der Waals surface area contributed by atoms with Crippen molar-refractivity contribution in [1.29, 1.82) is 0 Å². The van der Waals surface area contributed by atoms with Gasteiger partial charge in [0, 0.05) is 6.42 Å². The topological polar surface area (TPSA) is 228 Å². The summed E-state index contributed by atoms with van der Waals surface area (Å²) in [5.41, 5.74) is 0. The van der Waals surface area contributed by atoms with Crippen LogP contribution in [0.1, 0.15) is 219 Å². The first kappa shape index (κ1) is 66.1. The lowest BCUT2D eigenvalue weighted by molar-refractivity contribution is -0.359. The van der Waals surface area contributed by atoms with E-state index in [1.54, 1.807) is 0 Å². The number of aliphatic hydroxyl groups excluding tert-OH is 8. The minimum atomic E-state index is -1.79. The van der Waals surface area contributed by atoms with E-state index in [2.05, 4.69) is 67.8 Å². The average molecular weight is 1020 g/mol. The number of carbonyl (C=O) groups excluding carboxylic acids is 1. The molecule has 2 aliphatic rings. The monoisotopic (exact) mass is 1020 g/mol. The number of rotatable bonds is 45. The largest absolute Gasteiger partial charge is 0.394 e. The van der Waals surface area contributed by atoms with Crippen LogP contribution in [0.4, 0.5) is 0 Å². The van der Waals surface area contributed by atoms with Crippen molar-refractivity contribution in [3.8, 4) is 0 Å². The zero-order valence-electron chi connectivity index (χ0n) is 44.9. The van der Waals surface area contributed by atoms with Gasteiger partial charge in [0.15, 0.2) is 12.6 Å². The maximum absolute atomic E-state index is 13.2. The number of unbranched alkanes of at least 4 members (excludes halogenated alkanes) is 24. The molecular weight excluding hydrogens is 919 g/mol. The number of aliphatic hydroxyl groups is 8. The Hall–Kier alpha value is -2.05. The van der Waals surface area contributed by atoms with Gasteiger partial charge >= 0.3 is 0 Å². The third-order valence-electron chi connectivity index (χ3n) is 14.1. The van der Waals surface area contributed by atoms with E-state index in [1.807, 2.05) is 0 Å². The van der Waals surface area contributed by atoms with Gasteiger partial charge in [0.1, 0.15) is 48.8 Å². The van der Waals surface area contributed by atoms with Crippen LogP contribution < -0.4 is 5.32 Å². The number of ether oxygens (including phenoxy) is 4. The van der Waals surface area contributed by atoms with Gasteiger partial charge in [0.25, 0.3) is 0 Å². The number of hydrogen-bond donors (Lipinski definition) is 9. The van der Waals surface area contributed by atoms with Gasteiger partial charge in [-0.2, -0.15) is 0 Å². The lowest BCUT2D eigenvalue weighted by atomic mass is 9.97. The number of allylic oxidation sites excluding steroid dienone is 8. The van der Waals surface area contributed by atoms with E-state index in [4.69, 9.17) is 18.9 Å². The minimum Gasteiger partial charge on any atom is -0.394 e. The second-order valence-corrected chi connectivity index (χ2v) is 20.4. The van der Waals surface area contributed by atoms with Crippen LogP contribution in [-0.2, 0) is 23.7 Å². The smallest absolute Gasteiger partial charge is 0.220 e. The molecule has 12 atom stereocenters. The number of hydrogen-bond acceptors (Lipinski definition) is 13. The molecule has 2 fully saturated rings. The molecular formula is C58H105NO13. The fraction of sp³-hybridized carbons (Fsp3) is 0.845. The Bertz CT molecular complexity index is 1390. The molecule has 2 heterocycles. The quantitative estimate of drug-likeness (QED) is 0.0205.